The molecule has 1 heterocycles. The van der Waals surface area contributed by atoms with Gasteiger partial charge in [-0.25, -0.2) is 4.98 Å². The minimum Gasteiger partial charge on any atom is -0.351 e. The van der Waals surface area contributed by atoms with Crippen LogP contribution in [0.25, 0.3) is 0 Å². The van der Waals surface area contributed by atoms with Crippen LogP contribution >= 0.6 is 23.2 Å². The summed E-state index contributed by atoms with van der Waals surface area (Å²) >= 11 is 11.5. The first kappa shape index (κ1) is 15.2. The first-order valence-corrected chi connectivity index (χ1v) is 6.47. The second-order valence-electron chi connectivity index (χ2n) is 4.33. The van der Waals surface area contributed by atoms with Gasteiger partial charge in [0.15, 0.2) is 0 Å². The molecule has 0 bridgehead atoms. The quantitative estimate of drug-likeness (QED) is 0.847. The van der Waals surface area contributed by atoms with Gasteiger partial charge < -0.3 is 10.2 Å². The monoisotopic (exact) mass is 289 g/mol. The van der Waals surface area contributed by atoms with Crippen LogP contribution in [0.4, 0.5) is 0 Å². The van der Waals surface area contributed by atoms with Gasteiger partial charge in [0.25, 0.3) is 5.91 Å². The molecule has 4 nitrogen and oxygen atoms in total. The number of nitrogens with one attached hydrogen (secondary N) is 1. The molecular weight excluding hydrogens is 273 g/mol. The average Bonchev–Trinajstić information content (AvgIpc) is 2.27. The molecule has 0 unspecified atom stereocenters. The van der Waals surface area contributed by atoms with Gasteiger partial charge in [-0.3, -0.25) is 4.79 Å². The first-order valence-electron chi connectivity index (χ1n) is 5.71. The second-order valence-corrected chi connectivity index (χ2v) is 5.11. The van der Waals surface area contributed by atoms with Crippen molar-refractivity contribution >= 4 is 29.1 Å². The maximum absolute atomic E-state index is 11.8. The molecule has 0 spiro atoms. The number of carbonyl (C=O) groups is 1. The molecule has 18 heavy (non-hydrogen) atoms. The van der Waals surface area contributed by atoms with Crippen molar-refractivity contribution in [1.29, 1.82) is 0 Å². The zero-order valence-corrected chi connectivity index (χ0v) is 12.2. The standard InChI is InChI=1S/C12H17Cl2N3O/c1-8(2)17(3)5-4-15-12(18)9-6-10(13)16-11(14)7-9/h6-8H,4-5H2,1-3H3,(H,15,18). The minimum absolute atomic E-state index is 0.196. The van der Waals surface area contributed by atoms with Crippen molar-refractivity contribution in [2.45, 2.75) is 19.9 Å². The fourth-order valence-electron chi connectivity index (χ4n) is 1.30. The summed E-state index contributed by atoms with van der Waals surface area (Å²) in [5.74, 6) is -0.196. The molecule has 1 N–H and O–H groups in total. The molecule has 0 aliphatic heterocycles. The first-order chi connectivity index (χ1) is 8.40. The lowest BCUT2D eigenvalue weighted by atomic mass is 10.2. The van der Waals surface area contributed by atoms with Crippen LogP contribution in [0.5, 0.6) is 0 Å². The zero-order valence-electron chi connectivity index (χ0n) is 10.7. The van der Waals surface area contributed by atoms with E-state index < -0.39 is 0 Å². The Morgan fingerprint density at radius 3 is 2.44 bits per heavy atom. The number of rotatable bonds is 5. The normalized spacial score (nSPS) is 11.1. The fraction of sp³-hybridized carbons (Fsp3) is 0.500. The predicted molar refractivity (Wildman–Crippen MR) is 74.4 cm³/mol. The highest BCUT2D eigenvalue weighted by Gasteiger charge is 2.09. The molecule has 1 rings (SSSR count). The maximum atomic E-state index is 11.8. The number of halogens is 2. The van der Waals surface area contributed by atoms with E-state index in [-0.39, 0.29) is 16.2 Å². The van der Waals surface area contributed by atoms with Gasteiger partial charge in [0.1, 0.15) is 10.3 Å². The number of aromatic nitrogens is 1. The number of hydrogen-bond acceptors (Lipinski definition) is 3. The summed E-state index contributed by atoms with van der Waals surface area (Å²) in [4.78, 5) is 17.8. The van der Waals surface area contributed by atoms with E-state index in [2.05, 4.69) is 29.0 Å². The summed E-state index contributed by atoms with van der Waals surface area (Å²) in [6.45, 7) is 5.56. The third-order valence-corrected chi connectivity index (χ3v) is 3.04. The minimum atomic E-state index is -0.196. The van der Waals surface area contributed by atoms with E-state index in [9.17, 15) is 4.79 Å². The van der Waals surface area contributed by atoms with E-state index in [0.29, 0.717) is 18.2 Å². The van der Waals surface area contributed by atoms with Gasteiger partial charge in [-0.05, 0) is 33.0 Å². The number of nitrogens with zero attached hydrogens (tertiary/aromatic N) is 2. The molecule has 100 valence electrons. The molecule has 1 amide bonds. The smallest absolute Gasteiger partial charge is 0.251 e. The van der Waals surface area contributed by atoms with Crippen LogP contribution in [0.3, 0.4) is 0 Å². The lowest BCUT2D eigenvalue weighted by Crippen LogP contribution is -2.36. The van der Waals surface area contributed by atoms with Crippen LogP contribution in [0.15, 0.2) is 12.1 Å². The van der Waals surface area contributed by atoms with Gasteiger partial charge in [-0.1, -0.05) is 23.2 Å². The van der Waals surface area contributed by atoms with E-state index >= 15 is 0 Å². The van der Waals surface area contributed by atoms with Crippen LogP contribution < -0.4 is 5.32 Å². The molecule has 0 fully saturated rings. The van der Waals surface area contributed by atoms with Crippen molar-refractivity contribution in [2.24, 2.45) is 0 Å². The number of likely N-dealkylation sites (N-methyl/N-ethyl adjacent to an activating group) is 1. The van der Waals surface area contributed by atoms with E-state index in [4.69, 9.17) is 23.2 Å². The summed E-state index contributed by atoms with van der Waals surface area (Å²) < 4.78 is 0. The van der Waals surface area contributed by atoms with E-state index in [0.717, 1.165) is 6.54 Å². The van der Waals surface area contributed by atoms with Gasteiger partial charge in [0.2, 0.25) is 0 Å². The van der Waals surface area contributed by atoms with Crippen molar-refractivity contribution in [3.8, 4) is 0 Å². The van der Waals surface area contributed by atoms with Gasteiger partial charge >= 0.3 is 0 Å². The molecule has 0 aliphatic carbocycles. The highest BCUT2D eigenvalue weighted by Crippen LogP contribution is 2.14. The van der Waals surface area contributed by atoms with Crippen molar-refractivity contribution in [2.75, 3.05) is 20.1 Å². The Morgan fingerprint density at radius 1 is 1.39 bits per heavy atom. The highest BCUT2D eigenvalue weighted by atomic mass is 35.5. The summed E-state index contributed by atoms with van der Waals surface area (Å²) in [7, 11) is 2.01. The van der Waals surface area contributed by atoms with Crippen LogP contribution in [0.1, 0.15) is 24.2 Å². The predicted octanol–water partition coefficient (Wildman–Crippen LogP) is 2.46. The summed E-state index contributed by atoms with van der Waals surface area (Å²) in [5, 5.41) is 3.24. The van der Waals surface area contributed by atoms with E-state index in [1.165, 1.54) is 12.1 Å². The van der Waals surface area contributed by atoms with Crippen LogP contribution in [-0.2, 0) is 0 Å². The van der Waals surface area contributed by atoms with Gasteiger partial charge in [-0.2, -0.15) is 0 Å². The Balaban J connectivity index is 2.50. The Bertz CT molecular complexity index is 404. The molecule has 0 radical (unpaired) electrons. The topological polar surface area (TPSA) is 45.2 Å². The number of pyridine rings is 1. The molecule has 1 aromatic heterocycles. The molecule has 0 atom stereocenters. The molecule has 0 aliphatic rings. The van der Waals surface area contributed by atoms with Crippen molar-refractivity contribution in [3.05, 3.63) is 28.0 Å². The Labute approximate surface area is 117 Å². The second kappa shape index (κ2) is 6.92. The third kappa shape index (κ3) is 4.80. The van der Waals surface area contributed by atoms with Gasteiger partial charge in [0.05, 0.1) is 0 Å². The van der Waals surface area contributed by atoms with Crippen LogP contribution in [-0.4, -0.2) is 42.0 Å². The van der Waals surface area contributed by atoms with Crippen molar-refractivity contribution in [3.63, 3.8) is 0 Å². The van der Waals surface area contributed by atoms with Gasteiger partial charge in [0, 0.05) is 24.7 Å². The summed E-state index contributed by atoms with van der Waals surface area (Å²) in [6.07, 6.45) is 0. The number of amides is 1. The summed E-state index contributed by atoms with van der Waals surface area (Å²) in [5.41, 5.74) is 0.423. The third-order valence-electron chi connectivity index (χ3n) is 2.66. The lowest BCUT2D eigenvalue weighted by Gasteiger charge is -2.20. The highest BCUT2D eigenvalue weighted by molar-refractivity contribution is 6.33. The Morgan fingerprint density at radius 2 is 1.94 bits per heavy atom. The molecule has 0 saturated heterocycles. The average molecular weight is 290 g/mol. The van der Waals surface area contributed by atoms with Crippen LogP contribution in [0, 0.1) is 0 Å². The number of hydrogen-bond donors (Lipinski definition) is 1. The SMILES string of the molecule is CC(C)N(C)CCNC(=O)c1cc(Cl)nc(Cl)c1. The largest absolute Gasteiger partial charge is 0.351 e. The van der Waals surface area contributed by atoms with Crippen molar-refractivity contribution < 1.29 is 4.79 Å². The van der Waals surface area contributed by atoms with Gasteiger partial charge in [-0.15, -0.1) is 0 Å². The maximum Gasteiger partial charge on any atom is 0.251 e. The lowest BCUT2D eigenvalue weighted by molar-refractivity contribution is 0.0948. The summed E-state index contributed by atoms with van der Waals surface area (Å²) in [6, 6.07) is 3.44. The molecule has 1 aromatic rings. The number of carbonyl (C=O) groups excluding carboxylic acids is 1. The Kier molecular flexibility index (Phi) is 5.85. The zero-order chi connectivity index (χ0) is 13.7. The molecule has 0 aromatic carbocycles. The molecule has 6 heteroatoms. The van der Waals surface area contributed by atoms with E-state index in [1.54, 1.807) is 0 Å². The molecular formula is C12H17Cl2N3O. The van der Waals surface area contributed by atoms with Crippen LogP contribution in [0.2, 0.25) is 10.3 Å². The van der Waals surface area contributed by atoms with E-state index in [1.807, 2.05) is 7.05 Å². The Hall–Kier alpha value is -0.840. The molecule has 0 saturated carbocycles. The fourth-order valence-corrected chi connectivity index (χ4v) is 1.76. The van der Waals surface area contributed by atoms with Crippen molar-refractivity contribution in [1.82, 2.24) is 15.2 Å².